The highest BCUT2D eigenvalue weighted by Crippen LogP contribution is 2.21. The number of hydrogen-bond acceptors (Lipinski definition) is 4. The highest BCUT2D eigenvalue weighted by Gasteiger charge is 2.27. The van der Waals surface area contributed by atoms with E-state index in [1.807, 2.05) is 32.7 Å². The fourth-order valence-electron chi connectivity index (χ4n) is 3.06. The Labute approximate surface area is 152 Å². The lowest BCUT2D eigenvalue weighted by molar-refractivity contribution is -0.133. The quantitative estimate of drug-likeness (QED) is 0.731. The molecule has 6 heteroatoms. The molecule has 0 N–H and O–H groups in total. The molecule has 1 saturated carbocycles. The van der Waals surface area contributed by atoms with E-state index in [1.165, 1.54) is 37.0 Å². The lowest BCUT2D eigenvalue weighted by Crippen LogP contribution is -2.47. The van der Waals surface area contributed by atoms with E-state index in [4.69, 9.17) is 9.47 Å². The van der Waals surface area contributed by atoms with E-state index in [9.17, 15) is 9.59 Å². The average Bonchev–Trinajstić information content (AvgIpc) is 2.48. The first-order valence-electron chi connectivity index (χ1n) is 9.47. The van der Waals surface area contributed by atoms with Crippen LogP contribution in [0.15, 0.2) is 0 Å². The zero-order chi connectivity index (χ0) is 18.9. The number of ether oxygens (including phenoxy) is 2. The fourth-order valence-corrected chi connectivity index (χ4v) is 3.06. The van der Waals surface area contributed by atoms with Crippen molar-refractivity contribution in [3.63, 3.8) is 0 Å². The first-order chi connectivity index (χ1) is 11.7. The molecule has 0 saturated heterocycles. The Morgan fingerprint density at radius 3 is 2.12 bits per heavy atom. The summed E-state index contributed by atoms with van der Waals surface area (Å²) >= 11 is 0. The van der Waals surface area contributed by atoms with E-state index in [0.717, 1.165) is 12.8 Å². The van der Waals surface area contributed by atoms with Crippen LogP contribution in [0.5, 0.6) is 0 Å². The van der Waals surface area contributed by atoms with Crippen molar-refractivity contribution in [3.05, 3.63) is 0 Å². The number of rotatable bonds is 6. The SMILES string of the molecule is COCCN(CC(=O)N(C)C1CCCCCCC1)C(=O)OC(C)(C)C. The van der Waals surface area contributed by atoms with Gasteiger partial charge in [0.05, 0.1) is 6.61 Å². The highest BCUT2D eigenvalue weighted by atomic mass is 16.6. The summed E-state index contributed by atoms with van der Waals surface area (Å²) in [5, 5.41) is 0. The molecule has 0 aromatic rings. The van der Waals surface area contributed by atoms with Crippen LogP contribution >= 0.6 is 0 Å². The van der Waals surface area contributed by atoms with Gasteiger partial charge in [0, 0.05) is 26.7 Å². The standard InChI is InChI=1S/C19H36N2O4/c1-19(2,3)25-18(23)21(13-14-24-5)15-17(22)20(4)16-11-9-7-6-8-10-12-16/h16H,6-15H2,1-5H3. The summed E-state index contributed by atoms with van der Waals surface area (Å²) in [6.45, 7) is 6.21. The Morgan fingerprint density at radius 2 is 1.60 bits per heavy atom. The van der Waals surface area contributed by atoms with Crippen LogP contribution in [-0.4, -0.2) is 67.3 Å². The largest absolute Gasteiger partial charge is 0.444 e. The molecule has 0 bridgehead atoms. The van der Waals surface area contributed by atoms with Crippen molar-refractivity contribution in [1.82, 2.24) is 9.80 Å². The molecule has 1 rings (SSSR count). The molecule has 6 nitrogen and oxygen atoms in total. The maximum Gasteiger partial charge on any atom is 0.410 e. The van der Waals surface area contributed by atoms with Crippen LogP contribution < -0.4 is 0 Å². The molecule has 0 radical (unpaired) electrons. The number of carbonyl (C=O) groups excluding carboxylic acids is 2. The maximum atomic E-state index is 12.7. The Bertz CT molecular complexity index is 412. The monoisotopic (exact) mass is 356 g/mol. The molecule has 0 spiro atoms. The van der Waals surface area contributed by atoms with Crippen molar-refractivity contribution >= 4 is 12.0 Å². The second-order valence-electron chi connectivity index (χ2n) is 7.90. The molecule has 146 valence electrons. The number of carbonyl (C=O) groups is 2. The van der Waals surface area contributed by atoms with Crippen LogP contribution in [0.4, 0.5) is 4.79 Å². The molecule has 0 heterocycles. The Balaban J connectivity index is 2.66. The molecule has 2 amide bonds. The minimum absolute atomic E-state index is 0.0330. The van der Waals surface area contributed by atoms with Gasteiger partial charge in [0.15, 0.2) is 0 Å². The molecule has 0 aromatic heterocycles. The third kappa shape index (κ3) is 8.56. The van der Waals surface area contributed by atoms with E-state index >= 15 is 0 Å². The van der Waals surface area contributed by atoms with Crippen LogP contribution in [-0.2, 0) is 14.3 Å². The van der Waals surface area contributed by atoms with Gasteiger partial charge in [-0.15, -0.1) is 0 Å². The van der Waals surface area contributed by atoms with Gasteiger partial charge in [-0.25, -0.2) is 4.79 Å². The maximum absolute atomic E-state index is 12.7. The molecule has 1 fully saturated rings. The van der Waals surface area contributed by atoms with Crippen molar-refractivity contribution in [1.29, 1.82) is 0 Å². The van der Waals surface area contributed by atoms with E-state index in [2.05, 4.69) is 0 Å². The highest BCUT2D eigenvalue weighted by molar-refractivity contribution is 5.82. The summed E-state index contributed by atoms with van der Waals surface area (Å²) in [5.41, 5.74) is -0.586. The zero-order valence-corrected chi connectivity index (χ0v) is 16.7. The third-order valence-electron chi connectivity index (χ3n) is 4.56. The van der Waals surface area contributed by atoms with Crippen molar-refractivity contribution in [2.24, 2.45) is 0 Å². The first kappa shape index (κ1) is 21.7. The number of likely N-dealkylation sites (N-methyl/N-ethyl adjacent to an activating group) is 1. The van der Waals surface area contributed by atoms with Crippen molar-refractivity contribution in [2.45, 2.75) is 77.4 Å². The van der Waals surface area contributed by atoms with Gasteiger partial charge in [-0.3, -0.25) is 9.69 Å². The second kappa shape index (κ2) is 10.6. The molecule has 0 aromatic carbocycles. The summed E-state index contributed by atoms with van der Waals surface area (Å²) in [7, 11) is 3.44. The molecular formula is C19H36N2O4. The number of methoxy groups -OCH3 is 1. The van der Waals surface area contributed by atoms with Crippen LogP contribution in [0.1, 0.15) is 65.7 Å². The Kier molecular flexibility index (Phi) is 9.25. The van der Waals surface area contributed by atoms with Crippen molar-refractivity contribution in [3.8, 4) is 0 Å². The van der Waals surface area contributed by atoms with Gasteiger partial charge in [0.2, 0.25) is 5.91 Å². The third-order valence-corrected chi connectivity index (χ3v) is 4.56. The summed E-state index contributed by atoms with van der Waals surface area (Å²) < 4.78 is 10.5. The topological polar surface area (TPSA) is 59.1 Å². The summed E-state index contributed by atoms with van der Waals surface area (Å²) in [6, 6.07) is 0.274. The molecule has 1 aliphatic rings. The minimum atomic E-state index is -0.586. The predicted molar refractivity (Wildman–Crippen MR) is 98.6 cm³/mol. The van der Waals surface area contributed by atoms with Crippen molar-refractivity contribution in [2.75, 3.05) is 33.9 Å². The van der Waals surface area contributed by atoms with E-state index < -0.39 is 11.7 Å². The average molecular weight is 357 g/mol. The minimum Gasteiger partial charge on any atom is -0.444 e. The van der Waals surface area contributed by atoms with Crippen LogP contribution in [0.3, 0.4) is 0 Å². The summed E-state index contributed by atoms with van der Waals surface area (Å²) in [6.07, 6.45) is 7.76. The van der Waals surface area contributed by atoms with E-state index in [0.29, 0.717) is 13.2 Å². The molecule has 1 aliphatic carbocycles. The van der Waals surface area contributed by atoms with Crippen LogP contribution in [0.25, 0.3) is 0 Å². The molecule has 0 atom stereocenters. The van der Waals surface area contributed by atoms with Gasteiger partial charge >= 0.3 is 6.09 Å². The molecular weight excluding hydrogens is 320 g/mol. The lowest BCUT2D eigenvalue weighted by Gasteiger charge is -2.32. The van der Waals surface area contributed by atoms with Gasteiger partial charge in [-0.1, -0.05) is 32.1 Å². The van der Waals surface area contributed by atoms with Gasteiger partial charge < -0.3 is 14.4 Å². The predicted octanol–water partition coefficient (Wildman–Crippen LogP) is 3.44. The summed E-state index contributed by atoms with van der Waals surface area (Å²) in [5.74, 6) is -0.0347. The first-order valence-corrected chi connectivity index (χ1v) is 9.47. The van der Waals surface area contributed by atoms with E-state index in [1.54, 1.807) is 7.11 Å². The summed E-state index contributed by atoms with van der Waals surface area (Å²) in [4.78, 5) is 28.4. The van der Waals surface area contributed by atoms with Crippen molar-refractivity contribution < 1.29 is 19.1 Å². The Hall–Kier alpha value is -1.30. The second-order valence-corrected chi connectivity index (χ2v) is 7.90. The lowest BCUT2D eigenvalue weighted by atomic mass is 9.96. The molecule has 0 aliphatic heterocycles. The number of amides is 2. The zero-order valence-electron chi connectivity index (χ0n) is 16.7. The van der Waals surface area contributed by atoms with Gasteiger partial charge in [-0.05, 0) is 33.6 Å². The fraction of sp³-hybridized carbons (Fsp3) is 0.895. The van der Waals surface area contributed by atoms with Crippen LogP contribution in [0, 0.1) is 0 Å². The molecule has 0 unspecified atom stereocenters. The van der Waals surface area contributed by atoms with Gasteiger partial charge in [0.1, 0.15) is 12.1 Å². The van der Waals surface area contributed by atoms with Gasteiger partial charge in [-0.2, -0.15) is 0 Å². The number of hydrogen-bond donors (Lipinski definition) is 0. The Morgan fingerprint density at radius 1 is 1.04 bits per heavy atom. The smallest absolute Gasteiger partial charge is 0.410 e. The number of nitrogens with zero attached hydrogens (tertiary/aromatic N) is 2. The van der Waals surface area contributed by atoms with E-state index in [-0.39, 0.29) is 18.5 Å². The van der Waals surface area contributed by atoms with Crippen LogP contribution in [0.2, 0.25) is 0 Å². The molecule has 25 heavy (non-hydrogen) atoms. The van der Waals surface area contributed by atoms with Gasteiger partial charge in [0.25, 0.3) is 0 Å². The normalized spacial score (nSPS) is 16.7.